The Labute approximate surface area is 365 Å². The number of allylic oxidation sites excluding steroid dienone is 3. The summed E-state index contributed by atoms with van der Waals surface area (Å²) in [6.07, 6.45) is 8.78. The van der Waals surface area contributed by atoms with E-state index >= 15 is 4.79 Å². The molecule has 12 heteroatoms. The lowest BCUT2D eigenvalue weighted by Crippen LogP contribution is -2.52. The number of carbonyl (C=O) groups excluding carboxylic acids is 2. The number of hydrogen-bond donors (Lipinski definition) is 1. The van der Waals surface area contributed by atoms with Crippen LogP contribution in [0.25, 0.3) is 0 Å². The van der Waals surface area contributed by atoms with Crippen molar-refractivity contribution in [3.8, 4) is 17.2 Å². The van der Waals surface area contributed by atoms with Crippen LogP contribution in [0.15, 0.2) is 120 Å². The monoisotopic (exact) mass is 851 g/mol. The number of carbonyl (C=O) groups is 2. The Morgan fingerprint density at radius 1 is 0.935 bits per heavy atom. The number of aryl methyl sites for hydroxylation is 1. The molecule has 5 aromatic rings. The molecule has 62 heavy (non-hydrogen) atoms. The lowest BCUT2D eigenvalue weighted by molar-refractivity contribution is -0.145. The molecule has 0 radical (unpaired) electrons. The third-order valence-corrected chi connectivity index (χ3v) is 17.4. The van der Waals surface area contributed by atoms with Crippen LogP contribution in [0.1, 0.15) is 68.6 Å². The van der Waals surface area contributed by atoms with Gasteiger partial charge in [-0.05, 0) is 100 Å². The number of methoxy groups -OCH3 is 1. The summed E-state index contributed by atoms with van der Waals surface area (Å²) >= 11 is 0. The van der Waals surface area contributed by atoms with Gasteiger partial charge in [-0.2, -0.15) is 0 Å². The lowest BCUT2D eigenvalue weighted by Gasteiger charge is -2.37. The number of para-hydroxylation sites is 3. The molecule has 8 rings (SSSR count). The van der Waals surface area contributed by atoms with E-state index in [0.717, 1.165) is 35.5 Å². The zero-order valence-corrected chi connectivity index (χ0v) is 37.8. The average molecular weight is 852 g/mol. The number of fused-ring (bicyclic) bond motifs is 4. The zero-order valence-electron chi connectivity index (χ0n) is 36.8. The number of amides is 2. The van der Waals surface area contributed by atoms with Crippen molar-refractivity contribution >= 4 is 42.1 Å². The minimum Gasteiger partial charge on any atom is -0.497 e. The van der Waals surface area contributed by atoms with Gasteiger partial charge in [0.2, 0.25) is 0 Å². The van der Waals surface area contributed by atoms with Crippen LogP contribution in [0, 0.1) is 5.92 Å². The first kappa shape index (κ1) is 42.9. The molecular weight excluding hydrogens is 795 g/mol. The van der Waals surface area contributed by atoms with Gasteiger partial charge in [-0.25, -0.2) is 0 Å². The Kier molecular flexibility index (Phi) is 12.1. The van der Waals surface area contributed by atoms with Crippen molar-refractivity contribution in [2.45, 2.75) is 90.3 Å². The second kappa shape index (κ2) is 17.5. The molecule has 4 heterocycles. The number of aromatic nitrogens is 3. The van der Waals surface area contributed by atoms with Crippen molar-refractivity contribution in [1.82, 2.24) is 15.0 Å². The molecule has 1 N–H and O–H groups in total. The van der Waals surface area contributed by atoms with E-state index in [9.17, 15) is 9.90 Å². The smallest absolute Gasteiger partial charge is 0.266 e. The van der Waals surface area contributed by atoms with Crippen molar-refractivity contribution in [3.05, 3.63) is 137 Å². The zero-order chi connectivity index (χ0) is 43.8. The highest BCUT2D eigenvalue weighted by Crippen LogP contribution is 2.61. The van der Waals surface area contributed by atoms with Gasteiger partial charge in [0.1, 0.15) is 11.5 Å². The van der Waals surface area contributed by atoms with Gasteiger partial charge in [0.15, 0.2) is 11.4 Å². The SMILES string of the molecule is COc1ccc([Si](C)(C)[C@H]2[C@H](CCn3cc(CCO)nn3)O[C@@]3(C(=O)N(C/C=C(\C)CCC=C(C)C)c4ccc(N5C(=O)c6ccccc6Oc6ccccc65)cc43)[C@@H]2C)cc1. The molecule has 1 aromatic heterocycles. The van der Waals surface area contributed by atoms with Crippen molar-refractivity contribution < 1.29 is 28.9 Å². The van der Waals surface area contributed by atoms with Crippen molar-refractivity contribution in [2.24, 2.45) is 5.92 Å². The summed E-state index contributed by atoms with van der Waals surface area (Å²) in [5.41, 5.74) is 5.04. The molecule has 1 fully saturated rings. The van der Waals surface area contributed by atoms with Crippen LogP contribution in [-0.2, 0) is 28.1 Å². The highest BCUT2D eigenvalue weighted by molar-refractivity contribution is 6.91. The topological polar surface area (TPSA) is 119 Å². The quantitative estimate of drug-likeness (QED) is 0.0868. The molecule has 0 bridgehead atoms. The van der Waals surface area contributed by atoms with Crippen LogP contribution in [0.5, 0.6) is 17.2 Å². The van der Waals surface area contributed by atoms with Gasteiger partial charge < -0.3 is 24.2 Å². The van der Waals surface area contributed by atoms with E-state index in [2.05, 4.69) is 75.4 Å². The Bertz CT molecular complexity index is 2530. The summed E-state index contributed by atoms with van der Waals surface area (Å²) in [6, 6.07) is 29.2. The Morgan fingerprint density at radius 3 is 2.42 bits per heavy atom. The fraction of sp³-hybridized carbons (Fsp3) is 0.360. The van der Waals surface area contributed by atoms with Crippen LogP contribution in [0.2, 0.25) is 18.6 Å². The Balaban J connectivity index is 1.26. The predicted molar refractivity (Wildman–Crippen MR) is 246 cm³/mol. The molecule has 11 nitrogen and oxygen atoms in total. The van der Waals surface area contributed by atoms with Crippen LogP contribution >= 0.6 is 0 Å². The van der Waals surface area contributed by atoms with Gasteiger partial charge in [-0.3, -0.25) is 19.2 Å². The van der Waals surface area contributed by atoms with Crippen molar-refractivity contribution in [2.75, 3.05) is 30.1 Å². The number of rotatable bonds is 14. The second-order valence-corrected chi connectivity index (χ2v) is 22.3. The molecule has 0 aliphatic carbocycles. The van der Waals surface area contributed by atoms with Crippen molar-refractivity contribution in [1.29, 1.82) is 0 Å². The van der Waals surface area contributed by atoms with E-state index in [4.69, 9.17) is 14.2 Å². The van der Waals surface area contributed by atoms with Gasteiger partial charge >= 0.3 is 0 Å². The van der Waals surface area contributed by atoms with E-state index in [1.54, 1.807) is 18.1 Å². The van der Waals surface area contributed by atoms with Crippen LogP contribution in [0.3, 0.4) is 0 Å². The summed E-state index contributed by atoms with van der Waals surface area (Å²) < 4.78 is 21.2. The molecule has 1 saturated heterocycles. The highest BCUT2D eigenvalue weighted by Gasteiger charge is 2.66. The Hall–Kier alpha value is -5.82. The predicted octanol–water partition coefficient (Wildman–Crippen LogP) is 9.25. The highest BCUT2D eigenvalue weighted by atomic mass is 28.3. The summed E-state index contributed by atoms with van der Waals surface area (Å²) in [6.45, 7) is 14.2. The van der Waals surface area contributed by atoms with Gasteiger partial charge in [-0.15, -0.1) is 5.10 Å². The molecule has 0 saturated carbocycles. The van der Waals surface area contributed by atoms with Crippen LogP contribution < -0.4 is 24.5 Å². The molecule has 4 atom stereocenters. The number of ether oxygens (including phenoxy) is 3. The number of aliphatic hydroxyl groups is 1. The number of hydrogen-bond acceptors (Lipinski definition) is 8. The normalized spacial score (nSPS) is 20.8. The number of nitrogens with zero attached hydrogens (tertiary/aromatic N) is 5. The molecule has 2 amide bonds. The fourth-order valence-electron chi connectivity index (χ4n) is 9.83. The molecule has 0 unspecified atom stereocenters. The van der Waals surface area contributed by atoms with Crippen molar-refractivity contribution in [3.63, 3.8) is 0 Å². The Morgan fingerprint density at radius 2 is 1.68 bits per heavy atom. The summed E-state index contributed by atoms with van der Waals surface area (Å²) in [7, 11) is -0.786. The number of anilines is 3. The summed E-state index contributed by atoms with van der Waals surface area (Å²) in [5.74, 6) is 1.24. The first-order valence-corrected chi connectivity index (χ1v) is 24.7. The minimum atomic E-state index is -2.46. The van der Waals surface area contributed by atoms with E-state index in [-0.39, 0.29) is 36.0 Å². The maximum atomic E-state index is 15.7. The molecular formula is C50H57N5O6Si. The van der Waals surface area contributed by atoms with Crippen LogP contribution in [0.4, 0.5) is 17.1 Å². The molecule has 4 aromatic carbocycles. The largest absolute Gasteiger partial charge is 0.497 e. The molecule has 322 valence electrons. The second-order valence-electron chi connectivity index (χ2n) is 17.6. The third-order valence-electron chi connectivity index (χ3n) is 13.0. The lowest BCUT2D eigenvalue weighted by atomic mass is 9.82. The maximum absolute atomic E-state index is 15.7. The van der Waals surface area contributed by atoms with E-state index in [0.29, 0.717) is 54.4 Å². The molecule has 3 aliphatic heterocycles. The number of aliphatic hydroxyl groups excluding tert-OH is 1. The summed E-state index contributed by atoms with van der Waals surface area (Å²) in [4.78, 5) is 34.0. The fourth-order valence-corrected chi connectivity index (χ4v) is 13.9. The third kappa shape index (κ3) is 7.80. The van der Waals surface area contributed by atoms with E-state index in [1.165, 1.54) is 16.3 Å². The maximum Gasteiger partial charge on any atom is 0.266 e. The van der Waals surface area contributed by atoms with E-state index in [1.807, 2.05) is 88.6 Å². The van der Waals surface area contributed by atoms with E-state index < -0.39 is 13.7 Å². The van der Waals surface area contributed by atoms with Gasteiger partial charge in [-0.1, -0.05) is 90.1 Å². The number of benzene rings is 4. The summed E-state index contributed by atoms with van der Waals surface area (Å²) in [5, 5.41) is 19.4. The molecule has 1 spiro atoms. The van der Waals surface area contributed by atoms with Crippen LogP contribution in [-0.4, -0.2) is 66.4 Å². The van der Waals surface area contributed by atoms with Gasteiger partial charge in [0.25, 0.3) is 11.8 Å². The first-order chi connectivity index (χ1) is 29.9. The minimum absolute atomic E-state index is 0.00742. The standard InChI is InChI=1S/C50H57N5O6Si/c1-33(2)13-12-14-34(3)25-29-54-42-24-19-37(55-43-16-9-11-18-45(43)60-44-17-10-8-15-40(44)48(55)57)31-41(42)50(49(54)58)35(4)47(62(6,7)39-22-20-38(59-5)21-23-39)46(61-50)26-28-53-32-36(27-30-56)51-52-53/h8-11,13,15-25,31-32,35,46-47,56H,12,14,26-30H2,1-7H3/b34-25+/t35-,46+,47-,50+/m1/s1. The first-order valence-electron chi connectivity index (χ1n) is 21.7. The van der Waals surface area contributed by atoms with Gasteiger partial charge in [0, 0.05) is 49.5 Å². The van der Waals surface area contributed by atoms with Gasteiger partial charge in [0.05, 0.1) is 43.9 Å². The average Bonchev–Trinajstić information content (AvgIpc) is 3.89. The molecule has 3 aliphatic rings.